The number of carbonyl (C=O) groups is 2. The summed E-state index contributed by atoms with van der Waals surface area (Å²) >= 11 is 5.86. The summed E-state index contributed by atoms with van der Waals surface area (Å²) in [5, 5.41) is 4.39. The number of nitrogens with zero attached hydrogens (tertiary/aromatic N) is 1. The van der Waals surface area contributed by atoms with Crippen molar-refractivity contribution in [3.63, 3.8) is 0 Å². The molecule has 2 N–H and O–H groups in total. The number of hydrogen-bond acceptors (Lipinski definition) is 8. The van der Waals surface area contributed by atoms with E-state index < -0.39 is 21.9 Å². The Hall–Kier alpha value is -4.87. The Bertz CT molecular complexity index is 1740. The number of nitrogens with one attached hydrogen (secondary N) is 2. The first-order valence-electron chi connectivity index (χ1n) is 13.6. The van der Waals surface area contributed by atoms with Gasteiger partial charge in [0.2, 0.25) is 0 Å². The Morgan fingerprint density at radius 1 is 0.886 bits per heavy atom. The number of esters is 1. The van der Waals surface area contributed by atoms with Gasteiger partial charge in [-0.2, -0.15) is 5.10 Å². The maximum absolute atomic E-state index is 12.9. The summed E-state index contributed by atoms with van der Waals surface area (Å²) in [5.41, 5.74) is 3.42. The summed E-state index contributed by atoms with van der Waals surface area (Å²) in [7, 11) is -3.98. The number of halogens is 1. The van der Waals surface area contributed by atoms with Crippen molar-refractivity contribution in [1.29, 1.82) is 0 Å². The maximum atomic E-state index is 12.9. The standard InChI is InChI=1S/C32H30ClN3O7S/c1-3-19-42-25-14-10-23(11-15-25)32(38)43-29-18-9-22(20-30(29)41-4-2)21-34-35-31(37)27-7-5-6-8-28(27)36-44(39,40)26-16-12-24(33)13-17-26/h5-18,20-21,36H,3-4,19H2,1-2H3,(H,35,37)/b34-21+. The zero-order valence-electron chi connectivity index (χ0n) is 24.0. The lowest BCUT2D eigenvalue weighted by Crippen LogP contribution is -2.21. The molecule has 0 unspecified atom stereocenters. The molecule has 0 bridgehead atoms. The van der Waals surface area contributed by atoms with Gasteiger partial charge >= 0.3 is 5.97 Å². The Labute approximate surface area is 260 Å². The van der Waals surface area contributed by atoms with Crippen molar-refractivity contribution >= 4 is 45.4 Å². The van der Waals surface area contributed by atoms with Crippen molar-refractivity contribution in [3.05, 3.63) is 113 Å². The molecule has 4 aromatic rings. The predicted molar refractivity (Wildman–Crippen MR) is 169 cm³/mol. The lowest BCUT2D eigenvalue weighted by molar-refractivity contribution is 0.0728. The third-order valence-electron chi connectivity index (χ3n) is 5.95. The van der Waals surface area contributed by atoms with Crippen LogP contribution in [0.2, 0.25) is 5.02 Å². The minimum atomic E-state index is -3.98. The molecule has 0 radical (unpaired) electrons. The highest BCUT2D eigenvalue weighted by atomic mass is 35.5. The van der Waals surface area contributed by atoms with Crippen LogP contribution in [0.3, 0.4) is 0 Å². The third-order valence-corrected chi connectivity index (χ3v) is 7.59. The Kier molecular flexibility index (Phi) is 11.0. The lowest BCUT2D eigenvalue weighted by atomic mass is 10.2. The van der Waals surface area contributed by atoms with Crippen LogP contribution >= 0.6 is 11.6 Å². The molecule has 0 aliphatic rings. The smallest absolute Gasteiger partial charge is 0.343 e. The number of anilines is 1. The molecule has 0 saturated heterocycles. The maximum Gasteiger partial charge on any atom is 0.343 e. The third kappa shape index (κ3) is 8.59. The number of para-hydroxylation sites is 1. The van der Waals surface area contributed by atoms with E-state index in [0.29, 0.717) is 40.9 Å². The minimum absolute atomic E-state index is 0.00993. The zero-order valence-corrected chi connectivity index (χ0v) is 25.5. The van der Waals surface area contributed by atoms with E-state index in [9.17, 15) is 18.0 Å². The molecule has 4 rings (SSSR count). The average molecular weight is 636 g/mol. The number of hydrazone groups is 1. The van der Waals surface area contributed by atoms with E-state index in [-0.39, 0.29) is 21.9 Å². The number of sulfonamides is 1. The zero-order chi connectivity index (χ0) is 31.5. The largest absolute Gasteiger partial charge is 0.494 e. The number of rotatable bonds is 13. The van der Waals surface area contributed by atoms with Crippen LogP contribution < -0.4 is 24.4 Å². The molecule has 44 heavy (non-hydrogen) atoms. The van der Waals surface area contributed by atoms with Gasteiger partial charge in [0.05, 0.1) is 41.1 Å². The van der Waals surface area contributed by atoms with Crippen LogP contribution in [0.4, 0.5) is 5.69 Å². The highest BCUT2D eigenvalue weighted by Gasteiger charge is 2.19. The van der Waals surface area contributed by atoms with Gasteiger partial charge in [-0.3, -0.25) is 9.52 Å². The number of ether oxygens (including phenoxy) is 3. The van der Waals surface area contributed by atoms with Crippen LogP contribution in [0.15, 0.2) is 101 Å². The fraction of sp³-hybridized carbons (Fsp3) is 0.156. The van der Waals surface area contributed by atoms with Gasteiger partial charge in [-0.05, 0) is 97.8 Å². The molecule has 0 fully saturated rings. The van der Waals surface area contributed by atoms with Crippen molar-refractivity contribution in [1.82, 2.24) is 5.43 Å². The summed E-state index contributed by atoms with van der Waals surface area (Å²) in [5.74, 6) is -0.0199. The van der Waals surface area contributed by atoms with Crippen molar-refractivity contribution in [3.8, 4) is 17.2 Å². The lowest BCUT2D eigenvalue weighted by Gasteiger charge is -2.12. The van der Waals surface area contributed by atoms with Gasteiger partial charge < -0.3 is 14.2 Å². The Morgan fingerprint density at radius 2 is 1.61 bits per heavy atom. The van der Waals surface area contributed by atoms with E-state index in [1.54, 1.807) is 61.5 Å². The molecule has 0 aliphatic carbocycles. The minimum Gasteiger partial charge on any atom is -0.494 e. The molecule has 0 heterocycles. The predicted octanol–water partition coefficient (Wildman–Crippen LogP) is 6.31. The first-order chi connectivity index (χ1) is 21.2. The van der Waals surface area contributed by atoms with E-state index in [0.717, 1.165) is 6.42 Å². The van der Waals surface area contributed by atoms with Gasteiger partial charge in [0.1, 0.15) is 5.75 Å². The Morgan fingerprint density at radius 3 is 2.32 bits per heavy atom. The highest BCUT2D eigenvalue weighted by Crippen LogP contribution is 2.29. The first kappa shape index (κ1) is 32.1. The molecular weight excluding hydrogens is 606 g/mol. The molecular formula is C32H30ClN3O7S. The number of benzene rings is 4. The summed E-state index contributed by atoms with van der Waals surface area (Å²) < 4.78 is 44.9. The molecule has 12 heteroatoms. The molecule has 0 saturated carbocycles. The summed E-state index contributed by atoms with van der Waals surface area (Å²) in [4.78, 5) is 25.6. The molecule has 0 atom stereocenters. The molecule has 10 nitrogen and oxygen atoms in total. The van der Waals surface area contributed by atoms with E-state index >= 15 is 0 Å². The van der Waals surface area contributed by atoms with Gasteiger partial charge in [0.15, 0.2) is 11.5 Å². The van der Waals surface area contributed by atoms with Crippen LogP contribution in [0, 0.1) is 0 Å². The summed E-state index contributed by atoms with van der Waals surface area (Å²) in [6.07, 6.45) is 2.25. The van der Waals surface area contributed by atoms with Gasteiger partial charge in [0, 0.05) is 5.02 Å². The second-order valence-corrected chi connectivity index (χ2v) is 11.3. The second kappa shape index (κ2) is 15.0. The van der Waals surface area contributed by atoms with Crippen molar-refractivity contribution in [2.24, 2.45) is 5.10 Å². The van der Waals surface area contributed by atoms with Gasteiger partial charge in [-0.25, -0.2) is 18.6 Å². The summed E-state index contributed by atoms with van der Waals surface area (Å²) in [6.45, 7) is 4.70. The Balaban J connectivity index is 1.43. The van der Waals surface area contributed by atoms with Crippen LogP contribution in [0.1, 0.15) is 46.5 Å². The number of carbonyl (C=O) groups excluding carboxylic acids is 2. The molecule has 0 aromatic heterocycles. The SMILES string of the molecule is CCCOc1ccc(C(=O)Oc2ccc(/C=N/NC(=O)c3ccccc3NS(=O)(=O)c3ccc(Cl)cc3)cc2OCC)cc1. The van der Waals surface area contributed by atoms with Crippen LogP contribution in [0.5, 0.6) is 17.2 Å². The van der Waals surface area contributed by atoms with E-state index in [1.165, 1.54) is 42.6 Å². The van der Waals surface area contributed by atoms with Crippen molar-refractivity contribution < 1.29 is 32.2 Å². The highest BCUT2D eigenvalue weighted by molar-refractivity contribution is 7.92. The monoisotopic (exact) mass is 635 g/mol. The van der Waals surface area contributed by atoms with Crippen molar-refractivity contribution in [2.75, 3.05) is 17.9 Å². The van der Waals surface area contributed by atoms with Gasteiger partial charge in [-0.1, -0.05) is 30.7 Å². The average Bonchev–Trinajstić information content (AvgIpc) is 3.02. The second-order valence-electron chi connectivity index (χ2n) is 9.21. The summed E-state index contributed by atoms with van der Waals surface area (Å²) in [6, 6.07) is 23.2. The normalized spacial score (nSPS) is 11.2. The molecule has 4 aromatic carbocycles. The van der Waals surface area contributed by atoms with E-state index in [2.05, 4.69) is 15.2 Å². The van der Waals surface area contributed by atoms with E-state index in [1.807, 2.05) is 6.92 Å². The molecule has 0 aliphatic heterocycles. The van der Waals surface area contributed by atoms with Gasteiger partial charge in [0.25, 0.3) is 15.9 Å². The quantitative estimate of drug-likeness (QED) is 0.0761. The molecule has 1 amide bonds. The van der Waals surface area contributed by atoms with Crippen LogP contribution in [-0.2, 0) is 10.0 Å². The number of amides is 1. The fourth-order valence-electron chi connectivity index (χ4n) is 3.84. The van der Waals surface area contributed by atoms with Crippen LogP contribution in [0.25, 0.3) is 0 Å². The topological polar surface area (TPSA) is 132 Å². The van der Waals surface area contributed by atoms with Gasteiger partial charge in [-0.15, -0.1) is 0 Å². The van der Waals surface area contributed by atoms with Crippen LogP contribution in [-0.4, -0.2) is 39.7 Å². The van der Waals surface area contributed by atoms with Crippen molar-refractivity contribution in [2.45, 2.75) is 25.2 Å². The molecule has 228 valence electrons. The van der Waals surface area contributed by atoms with E-state index in [4.69, 9.17) is 25.8 Å². The number of hydrogen-bond donors (Lipinski definition) is 2. The first-order valence-corrected chi connectivity index (χ1v) is 15.5. The molecule has 0 spiro atoms. The fourth-order valence-corrected chi connectivity index (χ4v) is 5.04.